The first-order chi connectivity index (χ1) is 9.67. The number of nitrogens with zero attached hydrogens (tertiary/aromatic N) is 1. The number of carbonyl (C=O) groups is 1. The summed E-state index contributed by atoms with van der Waals surface area (Å²) in [6, 6.07) is 10.6. The molecule has 0 atom stereocenters. The van der Waals surface area contributed by atoms with Crippen LogP contribution in [0.15, 0.2) is 42.6 Å². The van der Waals surface area contributed by atoms with Crippen molar-refractivity contribution >= 4 is 34.3 Å². The molecule has 5 nitrogen and oxygen atoms in total. The molecule has 0 fully saturated rings. The van der Waals surface area contributed by atoms with E-state index in [0.717, 1.165) is 9.32 Å². The number of amides is 1. The van der Waals surface area contributed by atoms with Crippen molar-refractivity contribution in [1.82, 2.24) is 4.98 Å². The van der Waals surface area contributed by atoms with E-state index in [1.165, 1.54) is 0 Å². The molecule has 1 heterocycles. The quantitative estimate of drug-likeness (QED) is 0.806. The van der Waals surface area contributed by atoms with Gasteiger partial charge < -0.3 is 14.8 Å². The molecular formula is C14H13IN2O3. The standard InChI is InChI=1S/C14H13IN2O3/c1-19-11-3-5-12(6-4-11)20-9-14(18)17-13-7-2-10(15)8-16-13/h2-8H,9H2,1H3,(H,16,17,18). The van der Waals surface area contributed by atoms with Gasteiger partial charge in [-0.3, -0.25) is 4.79 Å². The Bertz CT molecular complexity index is 570. The van der Waals surface area contributed by atoms with Gasteiger partial charge in [0, 0.05) is 9.77 Å². The minimum Gasteiger partial charge on any atom is -0.497 e. The van der Waals surface area contributed by atoms with E-state index in [2.05, 4.69) is 32.9 Å². The molecule has 0 spiro atoms. The fraction of sp³-hybridized carbons (Fsp3) is 0.143. The maximum absolute atomic E-state index is 11.7. The van der Waals surface area contributed by atoms with E-state index in [4.69, 9.17) is 9.47 Å². The summed E-state index contributed by atoms with van der Waals surface area (Å²) in [5.74, 6) is 1.60. The van der Waals surface area contributed by atoms with Crippen LogP contribution in [0, 0.1) is 3.57 Å². The lowest BCUT2D eigenvalue weighted by Gasteiger charge is -2.07. The first-order valence-electron chi connectivity index (χ1n) is 5.85. The third-order valence-electron chi connectivity index (χ3n) is 2.42. The maximum Gasteiger partial charge on any atom is 0.263 e. The maximum atomic E-state index is 11.7. The number of ether oxygens (including phenoxy) is 2. The molecule has 0 radical (unpaired) electrons. The molecule has 0 saturated carbocycles. The number of benzene rings is 1. The Morgan fingerprint density at radius 1 is 1.20 bits per heavy atom. The van der Waals surface area contributed by atoms with Crippen LogP contribution in [0.25, 0.3) is 0 Å². The second-order valence-electron chi connectivity index (χ2n) is 3.87. The number of rotatable bonds is 5. The number of anilines is 1. The zero-order chi connectivity index (χ0) is 14.4. The SMILES string of the molecule is COc1ccc(OCC(=O)Nc2ccc(I)cn2)cc1. The summed E-state index contributed by atoms with van der Waals surface area (Å²) in [6.07, 6.45) is 1.68. The molecule has 104 valence electrons. The topological polar surface area (TPSA) is 60.5 Å². The lowest BCUT2D eigenvalue weighted by atomic mass is 10.3. The Hall–Kier alpha value is -1.83. The number of hydrogen-bond donors (Lipinski definition) is 1. The fourth-order valence-corrected chi connectivity index (χ4v) is 1.77. The summed E-state index contributed by atoms with van der Waals surface area (Å²) >= 11 is 2.15. The molecular weight excluding hydrogens is 371 g/mol. The van der Waals surface area contributed by atoms with E-state index in [9.17, 15) is 4.79 Å². The molecule has 2 rings (SSSR count). The number of hydrogen-bond acceptors (Lipinski definition) is 4. The molecule has 2 aromatic rings. The monoisotopic (exact) mass is 384 g/mol. The molecule has 1 aromatic carbocycles. The average Bonchev–Trinajstić information content (AvgIpc) is 2.48. The third-order valence-corrected chi connectivity index (χ3v) is 3.06. The van der Waals surface area contributed by atoms with E-state index in [-0.39, 0.29) is 12.5 Å². The van der Waals surface area contributed by atoms with Crippen molar-refractivity contribution < 1.29 is 14.3 Å². The van der Waals surface area contributed by atoms with E-state index in [0.29, 0.717) is 11.6 Å². The van der Waals surface area contributed by atoms with Gasteiger partial charge in [-0.05, 0) is 59.0 Å². The molecule has 0 aliphatic heterocycles. The van der Waals surface area contributed by atoms with Crippen LogP contribution in [0.3, 0.4) is 0 Å². The first-order valence-corrected chi connectivity index (χ1v) is 6.93. The van der Waals surface area contributed by atoms with Crippen molar-refractivity contribution in [2.75, 3.05) is 19.0 Å². The predicted octanol–water partition coefficient (Wildman–Crippen LogP) is 2.71. The highest BCUT2D eigenvalue weighted by atomic mass is 127. The molecule has 1 amide bonds. The molecule has 0 aliphatic rings. The van der Waals surface area contributed by atoms with Crippen molar-refractivity contribution in [3.63, 3.8) is 0 Å². The molecule has 1 N–H and O–H groups in total. The molecule has 0 saturated heterocycles. The van der Waals surface area contributed by atoms with Gasteiger partial charge in [-0.15, -0.1) is 0 Å². The Morgan fingerprint density at radius 2 is 1.90 bits per heavy atom. The number of halogens is 1. The summed E-state index contributed by atoms with van der Waals surface area (Å²) in [6.45, 7) is -0.0694. The molecule has 1 aromatic heterocycles. The van der Waals surface area contributed by atoms with Crippen LogP contribution in [0.4, 0.5) is 5.82 Å². The van der Waals surface area contributed by atoms with Crippen molar-refractivity contribution in [3.05, 3.63) is 46.2 Å². The molecule has 20 heavy (non-hydrogen) atoms. The van der Waals surface area contributed by atoms with Crippen LogP contribution in [0.5, 0.6) is 11.5 Å². The van der Waals surface area contributed by atoms with Gasteiger partial charge in [0.1, 0.15) is 17.3 Å². The minimum atomic E-state index is -0.255. The van der Waals surface area contributed by atoms with Crippen molar-refractivity contribution in [2.24, 2.45) is 0 Å². The summed E-state index contributed by atoms with van der Waals surface area (Å²) in [5.41, 5.74) is 0. The fourth-order valence-electron chi connectivity index (χ4n) is 1.45. The Balaban J connectivity index is 1.83. The first kappa shape index (κ1) is 14.6. The van der Waals surface area contributed by atoms with Gasteiger partial charge in [0.15, 0.2) is 6.61 Å². The van der Waals surface area contributed by atoms with Crippen LogP contribution in [0.2, 0.25) is 0 Å². The van der Waals surface area contributed by atoms with Crippen LogP contribution in [0.1, 0.15) is 0 Å². The Morgan fingerprint density at radius 3 is 2.50 bits per heavy atom. The zero-order valence-corrected chi connectivity index (χ0v) is 13.0. The second-order valence-corrected chi connectivity index (χ2v) is 5.12. The number of nitrogens with one attached hydrogen (secondary N) is 1. The van der Waals surface area contributed by atoms with Crippen molar-refractivity contribution in [2.45, 2.75) is 0 Å². The predicted molar refractivity (Wildman–Crippen MR) is 84.1 cm³/mol. The summed E-state index contributed by atoms with van der Waals surface area (Å²) in [5, 5.41) is 2.66. The van der Waals surface area contributed by atoms with E-state index in [1.54, 1.807) is 43.6 Å². The minimum absolute atomic E-state index is 0.0694. The van der Waals surface area contributed by atoms with E-state index in [1.807, 2.05) is 6.07 Å². The van der Waals surface area contributed by atoms with Gasteiger partial charge in [-0.2, -0.15) is 0 Å². The van der Waals surface area contributed by atoms with Gasteiger partial charge >= 0.3 is 0 Å². The van der Waals surface area contributed by atoms with Gasteiger partial charge in [0.05, 0.1) is 7.11 Å². The number of aromatic nitrogens is 1. The molecule has 0 aliphatic carbocycles. The van der Waals surface area contributed by atoms with Gasteiger partial charge in [-0.25, -0.2) is 4.98 Å². The summed E-state index contributed by atoms with van der Waals surface area (Å²) in [4.78, 5) is 15.8. The van der Waals surface area contributed by atoms with Crippen molar-refractivity contribution in [1.29, 1.82) is 0 Å². The smallest absolute Gasteiger partial charge is 0.263 e. The van der Waals surface area contributed by atoms with Crippen LogP contribution < -0.4 is 14.8 Å². The van der Waals surface area contributed by atoms with Gasteiger partial charge in [0.2, 0.25) is 0 Å². The van der Waals surface area contributed by atoms with Gasteiger partial charge in [-0.1, -0.05) is 0 Å². The largest absolute Gasteiger partial charge is 0.497 e. The highest BCUT2D eigenvalue weighted by Gasteiger charge is 2.04. The van der Waals surface area contributed by atoms with Crippen LogP contribution in [-0.4, -0.2) is 24.6 Å². The van der Waals surface area contributed by atoms with Crippen LogP contribution >= 0.6 is 22.6 Å². The lowest BCUT2D eigenvalue weighted by molar-refractivity contribution is -0.118. The molecule has 6 heteroatoms. The van der Waals surface area contributed by atoms with Crippen molar-refractivity contribution in [3.8, 4) is 11.5 Å². The number of carbonyl (C=O) groups excluding carboxylic acids is 1. The number of pyridine rings is 1. The van der Waals surface area contributed by atoms with Crippen LogP contribution in [-0.2, 0) is 4.79 Å². The molecule has 0 unspecified atom stereocenters. The molecule has 0 bridgehead atoms. The normalized spacial score (nSPS) is 9.90. The third kappa shape index (κ3) is 4.37. The number of methoxy groups -OCH3 is 1. The Kier molecular flexibility index (Phi) is 5.16. The zero-order valence-electron chi connectivity index (χ0n) is 10.8. The van der Waals surface area contributed by atoms with E-state index < -0.39 is 0 Å². The average molecular weight is 384 g/mol. The lowest BCUT2D eigenvalue weighted by Crippen LogP contribution is -2.20. The van der Waals surface area contributed by atoms with Gasteiger partial charge in [0.25, 0.3) is 5.91 Å². The summed E-state index contributed by atoms with van der Waals surface area (Å²) in [7, 11) is 1.59. The highest BCUT2D eigenvalue weighted by Crippen LogP contribution is 2.16. The second kappa shape index (κ2) is 7.09. The highest BCUT2D eigenvalue weighted by molar-refractivity contribution is 14.1. The summed E-state index contributed by atoms with van der Waals surface area (Å²) < 4.78 is 11.4. The van der Waals surface area contributed by atoms with E-state index >= 15 is 0 Å². The Labute approximate surface area is 130 Å².